The van der Waals surface area contributed by atoms with E-state index in [1.165, 1.54) is 18.2 Å². The maximum absolute atomic E-state index is 12.3. The zero-order valence-corrected chi connectivity index (χ0v) is 13.4. The topological polar surface area (TPSA) is 66.4 Å². The van der Waals surface area contributed by atoms with Crippen LogP contribution in [0.3, 0.4) is 0 Å². The summed E-state index contributed by atoms with van der Waals surface area (Å²) in [5.41, 5.74) is 0.710. The van der Waals surface area contributed by atoms with E-state index in [2.05, 4.69) is 4.72 Å². The van der Waals surface area contributed by atoms with Crippen molar-refractivity contribution < 1.29 is 13.5 Å². The monoisotopic (exact) mass is 345 g/mol. The van der Waals surface area contributed by atoms with Crippen molar-refractivity contribution in [2.75, 3.05) is 4.72 Å². The molecule has 1 atom stereocenters. The Morgan fingerprint density at radius 1 is 1.14 bits per heavy atom. The van der Waals surface area contributed by atoms with Crippen LogP contribution in [-0.2, 0) is 10.0 Å². The number of benzene rings is 2. The third kappa shape index (κ3) is 3.68. The van der Waals surface area contributed by atoms with Crippen LogP contribution in [0.4, 0.5) is 5.69 Å². The van der Waals surface area contributed by atoms with Crippen molar-refractivity contribution in [2.24, 2.45) is 0 Å². The van der Waals surface area contributed by atoms with Crippen LogP contribution in [0.5, 0.6) is 0 Å². The molecule has 2 aromatic rings. The van der Waals surface area contributed by atoms with Gasteiger partial charge in [0.15, 0.2) is 0 Å². The molecule has 0 spiro atoms. The lowest BCUT2D eigenvalue weighted by Gasteiger charge is -2.12. The minimum absolute atomic E-state index is 0.0388. The molecule has 0 radical (unpaired) electrons. The fourth-order valence-corrected chi connectivity index (χ4v) is 3.26. The molecule has 0 aliphatic heterocycles. The first kappa shape index (κ1) is 16.1. The predicted octanol–water partition coefficient (Wildman–Crippen LogP) is 3.85. The van der Waals surface area contributed by atoms with Gasteiger partial charge in [0.1, 0.15) is 0 Å². The Labute approximate surface area is 133 Å². The lowest BCUT2D eigenvalue weighted by Crippen LogP contribution is -2.13. The molecule has 2 rings (SSSR count). The summed E-state index contributed by atoms with van der Waals surface area (Å²) in [6.07, 6.45) is -0.755. The summed E-state index contributed by atoms with van der Waals surface area (Å²) < 4.78 is 27.1. The number of anilines is 1. The molecule has 1 unspecified atom stereocenters. The van der Waals surface area contributed by atoms with Crippen molar-refractivity contribution in [1.82, 2.24) is 0 Å². The minimum Gasteiger partial charge on any atom is -0.389 e. The quantitative estimate of drug-likeness (QED) is 0.884. The maximum atomic E-state index is 12.3. The number of aliphatic hydroxyl groups excluding tert-OH is 1. The fraction of sp³-hybridized carbons (Fsp3) is 0.143. The van der Waals surface area contributed by atoms with Gasteiger partial charge in [-0.15, -0.1) is 0 Å². The highest BCUT2D eigenvalue weighted by Crippen LogP contribution is 2.31. The summed E-state index contributed by atoms with van der Waals surface area (Å²) >= 11 is 11.8. The van der Waals surface area contributed by atoms with Crippen molar-refractivity contribution in [2.45, 2.75) is 17.9 Å². The van der Waals surface area contributed by atoms with Gasteiger partial charge in [-0.05, 0) is 36.8 Å². The molecular formula is C14H13Cl2NO3S. The number of halogens is 2. The Morgan fingerprint density at radius 3 is 2.48 bits per heavy atom. The van der Waals surface area contributed by atoms with E-state index in [1.54, 1.807) is 31.2 Å². The summed E-state index contributed by atoms with van der Waals surface area (Å²) in [7, 11) is -3.81. The van der Waals surface area contributed by atoms with Crippen LogP contribution in [0.2, 0.25) is 10.0 Å². The van der Waals surface area contributed by atoms with Crippen LogP contribution >= 0.6 is 23.2 Å². The molecule has 0 saturated carbocycles. The summed E-state index contributed by atoms with van der Waals surface area (Å²) in [6, 6.07) is 10.7. The van der Waals surface area contributed by atoms with E-state index in [0.29, 0.717) is 5.56 Å². The molecule has 0 amide bonds. The van der Waals surface area contributed by atoms with E-state index in [-0.39, 0.29) is 20.6 Å². The van der Waals surface area contributed by atoms with Crippen molar-refractivity contribution in [3.05, 3.63) is 58.1 Å². The van der Waals surface area contributed by atoms with E-state index in [4.69, 9.17) is 23.2 Å². The van der Waals surface area contributed by atoms with Gasteiger partial charge >= 0.3 is 0 Å². The summed E-state index contributed by atoms with van der Waals surface area (Å²) in [4.78, 5) is 0.0388. The van der Waals surface area contributed by atoms with Crippen molar-refractivity contribution in [3.63, 3.8) is 0 Å². The van der Waals surface area contributed by atoms with Crippen LogP contribution in [0.15, 0.2) is 47.4 Å². The van der Waals surface area contributed by atoms with E-state index in [9.17, 15) is 13.5 Å². The molecule has 7 heteroatoms. The maximum Gasteiger partial charge on any atom is 0.261 e. The fourth-order valence-electron chi connectivity index (χ4n) is 1.73. The van der Waals surface area contributed by atoms with Crippen LogP contribution in [0.1, 0.15) is 18.6 Å². The van der Waals surface area contributed by atoms with E-state index >= 15 is 0 Å². The molecule has 0 heterocycles. The third-order valence-electron chi connectivity index (χ3n) is 2.85. The molecule has 0 aromatic heterocycles. The second kappa shape index (κ2) is 6.23. The molecule has 0 saturated heterocycles. The summed E-state index contributed by atoms with van der Waals surface area (Å²) in [5, 5.41) is 9.92. The standard InChI is InChI=1S/C14H13Cl2NO3S/c1-9(18)10-4-2-5-11(8-10)21(19,20)17-13-7-3-6-12(15)14(13)16/h2-9,17-18H,1H3. The molecule has 112 valence electrons. The Morgan fingerprint density at radius 2 is 1.81 bits per heavy atom. The smallest absolute Gasteiger partial charge is 0.261 e. The molecule has 21 heavy (non-hydrogen) atoms. The van der Waals surface area contributed by atoms with Gasteiger partial charge in [0.05, 0.1) is 26.7 Å². The van der Waals surface area contributed by atoms with Gasteiger partial charge in [-0.2, -0.15) is 0 Å². The average molecular weight is 346 g/mol. The van der Waals surface area contributed by atoms with Crippen LogP contribution < -0.4 is 4.72 Å². The Kier molecular flexibility index (Phi) is 4.78. The van der Waals surface area contributed by atoms with Gasteiger partial charge in [-0.25, -0.2) is 8.42 Å². The summed E-state index contributed by atoms with van der Waals surface area (Å²) in [6.45, 7) is 1.56. The number of hydrogen-bond acceptors (Lipinski definition) is 3. The van der Waals surface area contributed by atoms with Gasteiger partial charge in [-0.3, -0.25) is 4.72 Å². The second-order valence-electron chi connectivity index (χ2n) is 4.46. The lowest BCUT2D eigenvalue weighted by atomic mass is 10.1. The first-order chi connectivity index (χ1) is 9.81. The largest absolute Gasteiger partial charge is 0.389 e. The normalized spacial score (nSPS) is 13.0. The van der Waals surface area contributed by atoms with Gasteiger partial charge in [-0.1, -0.05) is 41.4 Å². The van der Waals surface area contributed by atoms with E-state index < -0.39 is 16.1 Å². The average Bonchev–Trinajstić information content (AvgIpc) is 2.44. The zero-order valence-electron chi connectivity index (χ0n) is 11.0. The highest BCUT2D eigenvalue weighted by molar-refractivity contribution is 7.92. The van der Waals surface area contributed by atoms with Gasteiger partial charge in [0.25, 0.3) is 10.0 Å². The van der Waals surface area contributed by atoms with Crippen LogP contribution in [-0.4, -0.2) is 13.5 Å². The highest BCUT2D eigenvalue weighted by atomic mass is 35.5. The molecule has 0 aliphatic carbocycles. The molecule has 2 N–H and O–H groups in total. The Balaban J connectivity index is 2.39. The summed E-state index contributed by atoms with van der Waals surface area (Å²) in [5.74, 6) is 0. The number of hydrogen-bond donors (Lipinski definition) is 2. The third-order valence-corrected chi connectivity index (χ3v) is 5.03. The Bertz CT molecular complexity index is 761. The van der Waals surface area contributed by atoms with Gasteiger partial charge < -0.3 is 5.11 Å². The highest BCUT2D eigenvalue weighted by Gasteiger charge is 2.17. The molecule has 0 aliphatic rings. The van der Waals surface area contributed by atoms with E-state index in [1.807, 2.05) is 0 Å². The number of sulfonamides is 1. The molecule has 4 nitrogen and oxygen atoms in total. The van der Waals surface area contributed by atoms with Crippen molar-refractivity contribution in [3.8, 4) is 0 Å². The first-order valence-corrected chi connectivity index (χ1v) is 8.30. The second-order valence-corrected chi connectivity index (χ2v) is 6.92. The van der Waals surface area contributed by atoms with Crippen LogP contribution in [0.25, 0.3) is 0 Å². The molecule has 2 aromatic carbocycles. The van der Waals surface area contributed by atoms with E-state index in [0.717, 1.165) is 0 Å². The Hall–Kier alpha value is -1.27. The van der Waals surface area contributed by atoms with Crippen LogP contribution in [0, 0.1) is 0 Å². The van der Waals surface area contributed by atoms with Crippen molar-refractivity contribution in [1.29, 1.82) is 0 Å². The zero-order chi connectivity index (χ0) is 15.6. The number of rotatable bonds is 4. The van der Waals surface area contributed by atoms with Crippen molar-refractivity contribution >= 4 is 38.9 Å². The first-order valence-electron chi connectivity index (χ1n) is 6.06. The SMILES string of the molecule is CC(O)c1cccc(S(=O)(=O)Nc2cccc(Cl)c2Cl)c1. The number of aliphatic hydroxyl groups is 1. The molecular weight excluding hydrogens is 333 g/mol. The molecule has 0 bridgehead atoms. The van der Waals surface area contributed by atoms with Gasteiger partial charge in [0.2, 0.25) is 0 Å². The minimum atomic E-state index is -3.81. The molecule has 0 fully saturated rings. The van der Waals surface area contributed by atoms with Gasteiger partial charge in [0, 0.05) is 0 Å². The lowest BCUT2D eigenvalue weighted by molar-refractivity contribution is 0.199. The predicted molar refractivity (Wildman–Crippen MR) is 84.3 cm³/mol. The number of nitrogens with one attached hydrogen (secondary N) is 1.